The molecule has 1 aliphatic rings. The van der Waals surface area contributed by atoms with Crippen molar-refractivity contribution in [1.29, 1.82) is 0 Å². The molecular formula is C14H18N4O4. The van der Waals surface area contributed by atoms with E-state index in [1.54, 1.807) is 0 Å². The summed E-state index contributed by atoms with van der Waals surface area (Å²) in [5, 5.41) is 26.6. The van der Waals surface area contributed by atoms with Crippen LogP contribution in [0.2, 0.25) is 0 Å². The molecule has 1 heterocycles. The van der Waals surface area contributed by atoms with Gasteiger partial charge in [-0.15, -0.1) is 0 Å². The van der Waals surface area contributed by atoms with E-state index in [2.05, 4.69) is 27.9 Å². The Hall–Kier alpha value is -2.77. The lowest BCUT2D eigenvalue weighted by Crippen LogP contribution is -2.39. The van der Waals surface area contributed by atoms with Crippen LogP contribution >= 0.6 is 0 Å². The highest BCUT2D eigenvalue weighted by Gasteiger charge is 2.13. The molecule has 5 N–H and O–H groups in total. The molecule has 1 unspecified atom stereocenters. The van der Waals surface area contributed by atoms with Crippen LogP contribution < -0.4 is 16.0 Å². The molecule has 22 heavy (non-hydrogen) atoms. The number of amides is 1. The van der Waals surface area contributed by atoms with Crippen LogP contribution in [0.3, 0.4) is 0 Å². The smallest absolute Gasteiger partial charge is 0.322 e. The minimum Gasteiger partial charge on any atom is -0.508 e. The van der Waals surface area contributed by atoms with E-state index < -0.39 is 18.4 Å². The summed E-state index contributed by atoms with van der Waals surface area (Å²) in [6.45, 7) is 3.08. The van der Waals surface area contributed by atoms with Crippen LogP contribution in [0.1, 0.15) is 17.3 Å². The van der Waals surface area contributed by atoms with Gasteiger partial charge in [-0.3, -0.25) is 14.6 Å². The number of phenolic OH excluding ortho intramolecular Hbond substituents is 1. The molecule has 0 fully saturated rings. The molecule has 8 nitrogen and oxygen atoms in total. The second kappa shape index (κ2) is 6.79. The molecule has 8 heteroatoms. The number of carboxylic acids is 1. The van der Waals surface area contributed by atoms with Gasteiger partial charge in [-0.05, 0) is 18.1 Å². The van der Waals surface area contributed by atoms with Gasteiger partial charge >= 0.3 is 5.97 Å². The molecule has 1 aromatic carbocycles. The molecule has 0 saturated heterocycles. The van der Waals surface area contributed by atoms with Gasteiger partial charge in [0.05, 0.1) is 0 Å². The van der Waals surface area contributed by atoms with E-state index in [1.807, 2.05) is 0 Å². The van der Waals surface area contributed by atoms with E-state index in [0.717, 1.165) is 6.54 Å². The number of hydrogen-bond donors (Lipinski definition) is 5. The van der Waals surface area contributed by atoms with Gasteiger partial charge in [0.1, 0.15) is 12.3 Å². The normalized spacial score (nSPS) is 17.1. The first-order chi connectivity index (χ1) is 10.4. The molecule has 0 bridgehead atoms. The molecule has 1 aromatic rings. The average Bonchev–Trinajstić information content (AvgIpc) is 2.46. The van der Waals surface area contributed by atoms with Gasteiger partial charge in [-0.1, -0.05) is 6.92 Å². The molecule has 0 aliphatic carbocycles. The minimum absolute atomic E-state index is 0.102. The van der Waals surface area contributed by atoms with E-state index in [0.29, 0.717) is 24.1 Å². The summed E-state index contributed by atoms with van der Waals surface area (Å²) in [7, 11) is 0. The Balaban J connectivity index is 2.09. The van der Waals surface area contributed by atoms with Crippen molar-refractivity contribution in [3.8, 4) is 5.75 Å². The molecule has 0 radical (unpaired) electrons. The molecule has 1 aliphatic heterocycles. The molecule has 1 atom stereocenters. The third kappa shape index (κ3) is 4.37. The van der Waals surface area contributed by atoms with E-state index in [4.69, 9.17) is 5.11 Å². The summed E-state index contributed by atoms with van der Waals surface area (Å²) in [5.74, 6) is -0.793. The monoisotopic (exact) mass is 306 g/mol. The number of nitrogens with one attached hydrogen (secondary N) is 3. The fraction of sp³-hybridized carbons (Fsp3) is 0.357. The number of hydrogen-bond acceptors (Lipinski definition) is 6. The van der Waals surface area contributed by atoms with Crippen LogP contribution in [0.15, 0.2) is 23.2 Å². The summed E-state index contributed by atoms with van der Waals surface area (Å²) in [6, 6.07) is 4.23. The van der Waals surface area contributed by atoms with Crippen molar-refractivity contribution < 1.29 is 19.8 Å². The van der Waals surface area contributed by atoms with Crippen LogP contribution in [0, 0.1) is 5.92 Å². The lowest BCUT2D eigenvalue weighted by molar-refractivity contribution is -0.135. The number of benzene rings is 1. The Morgan fingerprint density at radius 2 is 2.18 bits per heavy atom. The van der Waals surface area contributed by atoms with Crippen LogP contribution in [0.25, 0.3) is 0 Å². The maximum absolute atomic E-state index is 11.8. The second-order valence-corrected chi connectivity index (χ2v) is 5.15. The lowest BCUT2D eigenvalue weighted by Gasteiger charge is -2.20. The van der Waals surface area contributed by atoms with Crippen LogP contribution in [0.4, 0.5) is 5.69 Å². The van der Waals surface area contributed by atoms with E-state index in [9.17, 15) is 14.7 Å². The Labute approximate surface area is 127 Å². The number of carbonyl (C=O) groups is 2. The highest BCUT2D eigenvalue weighted by molar-refractivity contribution is 5.99. The SMILES string of the molecule is CC1CN=C(Nc2cc(O)cc(C(=O)NCC(=O)O)c2)NC1. The van der Waals surface area contributed by atoms with Gasteiger partial charge < -0.3 is 26.2 Å². The molecule has 0 spiro atoms. The summed E-state index contributed by atoms with van der Waals surface area (Å²) in [6.07, 6.45) is 0. The van der Waals surface area contributed by atoms with E-state index >= 15 is 0 Å². The summed E-state index contributed by atoms with van der Waals surface area (Å²) < 4.78 is 0. The van der Waals surface area contributed by atoms with Gasteiger partial charge in [-0.2, -0.15) is 0 Å². The number of aromatic hydroxyl groups is 1. The largest absolute Gasteiger partial charge is 0.508 e. The number of aliphatic imine (C=N–C) groups is 1. The lowest BCUT2D eigenvalue weighted by atomic mass is 10.1. The molecule has 118 valence electrons. The fourth-order valence-corrected chi connectivity index (χ4v) is 1.93. The number of phenols is 1. The van der Waals surface area contributed by atoms with Crippen molar-refractivity contribution >= 4 is 23.5 Å². The van der Waals surface area contributed by atoms with Crippen molar-refractivity contribution in [2.45, 2.75) is 6.92 Å². The van der Waals surface area contributed by atoms with Crippen molar-refractivity contribution in [3.05, 3.63) is 23.8 Å². The molecule has 0 aromatic heterocycles. The van der Waals surface area contributed by atoms with Crippen LogP contribution in [-0.2, 0) is 4.79 Å². The summed E-state index contributed by atoms with van der Waals surface area (Å²) in [5.41, 5.74) is 0.648. The molecule has 0 saturated carbocycles. The van der Waals surface area contributed by atoms with Crippen molar-refractivity contribution in [2.24, 2.45) is 10.9 Å². The Morgan fingerprint density at radius 3 is 2.82 bits per heavy atom. The predicted octanol–water partition coefficient (Wildman–Crippen LogP) is 0.214. The Kier molecular flexibility index (Phi) is 4.82. The maximum Gasteiger partial charge on any atom is 0.322 e. The predicted molar refractivity (Wildman–Crippen MR) is 81.2 cm³/mol. The van der Waals surface area contributed by atoms with Gasteiger partial charge in [0.25, 0.3) is 5.91 Å². The van der Waals surface area contributed by atoms with Gasteiger partial charge in [0.15, 0.2) is 5.96 Å². The Bertz CT molecular complexity index is 615. The number of carbonyl (C=O) groups excluding carboxylic acids is 1. The zero-order valence-electron chi connectivity index (χ0n) is 12.1. The van der Waals surface area contributed by atoms with Crippen molar-refractivity contribution in [3.63, 3.8) is 0 Å². The molecule has 2 rings (SSSR count). The number of nitrogens with zero attached hydrogens (tertiary/aromatic N) is 1. The standard InChI is InChI=1S/C14H18N4O4/c1-8-5-16-14(17-6-8)18-10-2-9(3-11(19)4-10)13(22)15-7-12(20)21/h2-4,8,19H,5-7H2,1H3,(H,15,22)(H,20,21)(H2,16,17,18). The minimum atomic E-state index is -1.14. The maximum atomic E-state index is 11.8. The second-order valence-electron chi connectivity index (χ2n) is 5.15. The topological polar surface area (TPSA) is 123 Å². The average molecular weight is 306 g/mol. The van der Waals surface area contributed by atoms with Crippen LogP contribution in [-0.4, -0.2) is 47.7 Å². The number of carboxylic acid groups (broad SMARTS) is 1. The number of aliphatic carboxylic acids is 1. The van der Waals surface area contributed by atoms with E-state index in [-0.39, 0.29) is 11.3 Å². The van der Waals surface area contributed by atoms with Gasteiger partial charge in [0, 0.05) is 30.4 Å². The number of anilines is 1. The molecule has 1 amide bonds. The first-order valence-electron chi connectivity index (χ1n) is 6.83. The first kappa shape index (κ1) is 15.6. The van der Waals surface area contributed by atoms with Gasteiger partial charge in [0.2, 0.25) is 0 Å². The summed E-state index contributed by atoms with van der Waals surface area (Å²) >= 11 is 0. The summed E-state index contributed by atoms with van der Waals surface area (Å²) in [4.78, 5) is 26.6. The quantitative estimate of drug-likeness (QED) is 0.542. The van der Waals surface area contributed by atoms with Gasteiger partial charge in [-0.25, -0.2) is 0 Å². The zero-order valence-corrected chi connectivity index (χ0v) is 12.1. The highest BCUT2D eigenvalue weighted by atomic mass is 16.4. The number of rotatable bonds is 4. The molecular weight excluding hydrogens is 288 g/mol. The van der Waals surface area contributed by atoms with Crippen molar-refractivity contribution in [1.82, 2.24) is 10.6 Å². The van der Waals surface area contributed by atoms with Crippen molar-refractivity contribution in [2.75, 3.05) is 25.0 Å². The van der Waals surface area contributed by atoms with E-state index in [1.165, 1.54) is 18.2 Å². The highest BCUT2D eigenvalue weighted by Crippen LogP contribution is 2.20. The third-order valence-corrected chi connectivity index (χ3v) is 3.02. The fourth-order valence-electron chi connectivity index (χ4n) is 1.93. The third-order valence-electron chi connectivity index (χ3n) is 3.02. The zero-order chi connectivity index (χ0) is 16.1. The number of guanidine groups is 1. The first-order valence-corrected chi connectivity index (χ1v) is 6.83. The Morgan fingerprint density at radius 1 is 1.41 bits per heavy atom. The van der Waals surface area contributed by atoms with Crippen LogP contribution in [0.5, 0.6) is 5.75 Å².